The van der Waals surface area contributed by atoms with E-state index in [1.807, 2.05) is 45.0 Å². The first kappa shape index (κ1) is 19.6. The summed E-state index contributed by atoms with van der Waals surface area (Å²) in [5, 5.41) is 3.08. The van der Waals surface area contributed by atoms with Crippen LogP contribution >= 0.6 is 0 Å². The summed E-state index contributed by atoms with van der Waals surface area (Å²) in [6, 6.07) is 7.72. The third-order valence-corrected chi connectivity index (χ3v) is 6.20. The second-order valence-corrected chi connectivity index (χ2v) is 10.9. The molecule has 1 aromatic carbocycles. The molecule has 1 heterocycles. The zero-order chi connectivity index (χ0) is 19.0. The number of rotatable bonds is 4. The van der Waals surface area contributed by atoms with Crippen LogP contribution in [0, 0.1) is 0 Å². The highest BCUT2D eigenvalue weighted by Gasteiger charge is 2.30. The van der Waals surface area contributed by atoms with Crippen LogP contribution in [0.2, 0.25) is 0 Å². The van der Waals surface area contributed by atoms with Gasteiger partial charge in [-0.3, -0.25) is 0 Å². The molecule has 0 aliphatic rings. The van der Waals surface area contributed by atoms with Gasteiger partial charge in [0.15, 0.2) is 15.7 Å². The van der Waals surface area contributed by atoms with E-state index in [2.05, 4.69) is 30.9 Å². The third-order valence-electron chi connectivity index (χ3n) is 4.19. The Bertz CT molecular complexity index is 823. The van der Waals surface area contributed by atoms with Gasteiger partial charge in [-0.2, -0.15) is 4.98 Å². The zero-order valence-electron chi connectivity index (χ0n) is 16.1. The average Bonchev–Trinajstić information content (AvgIpc) is 2.95. The summed E-state index contributed by atoms with van der Waals surface area (Å²) in [7, 11) is -3.44. The lowest BCUT2D eigenvalue weighted by Gasteiger charge is -2.19. The van der Waals surface area contributed by atoms with E-state index in [1.54, 1.807) is 6.92 Å². The molecular formula is C19H28N2O3S. The van der Waals surface area contributed by atoms with Gasteiger partial charge in [0.25, 0.3) is 0 Å². The fraction of sp³-hybridized carbons (Fsp3) is 0.579. The van der Waals surface area contributed by atoms with Gasteiger partial charge in [-0.05, 0) is 23.5 Å². The molecule has 0 amide bonds. The minimum atomic E-state index is -3.44. The van der Waals surface area contributed by atoms with Crippen molar-refractivity contribution in [1.29, 1.82) is 0 Å². The Morgan fingerprint density at radius 1 is 1.00 bits per heavy atom. The number of hydrogen-bond acceptors (Lipinski definition) is 5. The predicted molar refractivity (Wildman–Crippen MR) is 99.2 cm³/mol. The molecule has 0 N–H and O–H groups in total. The van der Waals surface area contributed by atoms with Crippen molar-refractivity contribution < 1.29 is 12.9 Å². The van der Waals surface area contributed by atoms with Gasteiger partial charge in [-0.15, -0.1) is 0 Å². The SMILES string of the molecule is C[C@@H](c1nc(C(C)(C)C)no1)S(=O)(=O)Cc1ccc(C(C)(C)C)cc1. The maximum absolute atomic E-state index is 12.7. The third kappa shape index (κ3) is 4.69. The number of aromatic nitrogens is 2. The summed E-state index contributed by atoms with van der Waals surface area (Å²) in [4.78, 5) is 4.28. The van der Waals surface area contributed by atoms with Crippen molar-refractivity contribution in [2.75, 3.05) is 0 Å². The van der Waals surface area contributed by atoms with Crippen molar-refractivity contribution >= 4 is 9.84 Å². The van der Waals surface area contributed by atoms with Crippen LogP contribution in [0.3, 0.4) is 0 Å². The zero-order valence-corrected chi connectivity index (χ0v) is 16.9. The number of hydrogen-bond donors (Lipinski definition) is 0. The van der Waals surface area contributed by atoms with Crippen LogP contribution in [0.1, 0.15) is 76.6 Å². The predicted octanol–water partition coefficient (Wildman–Crippen LogP) is 4.34. The smallest absolute Gasteiger partial charge is 0.244 e. The molecular weight excluding hydrogens is 336 g/mol. The monoisotopic (exact) mass is 364 g/mol. The summed E-state index contributed by atoms with van der Waals surface area (Å²) in [5.74, 6) is 0.613. The lowest BCUT2D eigenvalue weighted by atomic mass is 9.87. The molecule has 2 rings (SSSR count). The van der Waals surface area contributed by atoms with Crippen molar-refractivity contribution in [3.63, 3.8) is 0 Å². The Balaban J connectivity index is 2.19. The maximum atomic E-state index is 12.7. The van der Waals surface area contributed by atoms with Gasteiger partial charge >= 0.3 is 0 Å². The molecule has 5 nitrogen and oxygen atoms in total. The lowest BCUT2D eigenvalue weighted by Crippen LogP contribution is -2.16. The molecule has 0 saturated carbocycles. The molecule has 2 aromatic rings. The molecule has 0 spiro atoms. The molecule has 0 saturated heterocycles. The molecule has 1 aromatic heterocycles. The molecule has 6 heteroatoms. The second-order valence-electron chi connectivity index (χ2n) is 8.60. The first-order valence-corrected chi connectivity index (χ1v) is 10.2. The molecule has 25 heavy (non-hydrogen) atoms. The second kappa shape index (κ2) is 6.56. The Morgan fingerprint density at radius 2 is 1.56 bits per heavy atom. The van der Waals surface area contributed by atoms with E-state index in [0.717, 1.165) is 5.56 Å². The molecule has 138 valence electrons. The topological polar surface area (TPSA) is 73.1 Å². The number of sulfone groups is 1. The van der Waals surface area contributed by atoms with E-state index >= 15 is 0 Å². The normalized spacial score (nSPS) is 14.5. The van der Waals surface area contributed by atoms with Gasteiger partial charge in [0.1, 0.15) is 5.25 Å². The highest BCUT2D eigenvalue weighted by molar-refractivity contribution is 7.90. The van der Waals surface area contributed by atoms with Crippen LogP contribution in [0.4, 0.5) is 0 Å². The van der Waals surface area contributed by atoms with E-state index < -0.39 is 15.1 Å². The van der Waals surface area contributed by atoms with Gasteiger partial charge in [0, 0.05) is 5.41 Å². The van der Waals surface area contributed by atoms with Gasteiger partial charge in [0.05, 0.1) is 5.75 Å². The Morgan fingerprint density at radius 3 is 2.00 bits per heavy atom. The van der Waals surface area contributed by atoms with Crippen molar-refractivity contribution in [3.05, 3.63) is 47.1 Å². The number of benzene rings is 1. The summed E-state index contributed by atoms with van der Waals surface area (Å²) >= 11 is 0. The molecule has 0 aliphatic heterocycles. The lowest BCUT2D eigenvalue weighted by molar-refractivity contribution is 0.361. The standard InChI is InChI=1S/C19H28N2O3S/c1-13(16-20-17(21-24-16)19(5,6)7)25(22,23)12-14-8-10-15(11-9-14)18(2,3)4/h8-11,13H,12H2,1-7H3/t13-/m0/s1. The highest BCUT2D eigenvalue weighted by Crippen LogP contribution is 2.28. The summed E-state index contributed by atoms with van der Waals surface area (Å²) in [6.07, 6.45) is 0. The average molecular weight is 365 g/mol. The molecule has 0 radical (unpaired) electrons. The van der Waals surface area contributed by atoms with Crippen LogP contribution in [0.15, 0.2) is 28.8 Å². The van der Waals surface area contributed by atoms with E-state index in [4.69, 9.17) is 4.52 Å². The fourth-order valence-corrected chi connectivity index (χ4v) is 3.63. The Hall–Kier alpha value is -1.69. The minimum Gasteiger partial charge on any atom is -0.338 e. The van der Waals surface area contributed by atoms with E-state index in [0.29, 0.717) is 5.82 Å². The molecule has 0 bridgehead atoms. The first-order valence-electron chi connectivity index (χ1n) is 8.46. The van der Waals surface area contributed by atoms with E-state index in [-0.39, 0.29) is 22.5 Å². The van der Waals surface area contributed by atoms with Gasteiger partial charge < -0.3 is 4.52 Å². The molecule has 0 fully saturated rings. The number of nitrogens with zero attached hydrogens (tertiary/aromatic N) is 2. The van der Waals surface area contributed by atoms with Crippen molar-refractivity contribution in [2.45, 2.75) is 70.3 Å². The highest BCUT2D eigenvalue weighted by atomic mass is 32.2. The van der Waals surface area contributed by atoms with E-state index in [1.165, 1.54) is 5.56 Å². The van der Waals surface area contributed by atoms with Gasteiger partial charge in [-0.1, -0.05) is 71.0 Å². The van der Waals surface area contributed by atoms with Crippen LogP contribution in [0.25, 0.3) is 0 Å². The maximum Gasteiger partial charge on any atom is 0.244 e. The fourth-order valence-electron chi connectivity index (χ4n) is 2.32. The summed E-state index contributed by atoms with van der Waals surface area (Å²) in [5.41, 5.74) is 1.69. The minimum absolute atomic E-state index is 0.0395. The summed E-state index contributed by atoms with van der Waals surface area (Å²) < 4.78 is 30.6. The van der Waals surface area contributed by atoms with Gasteiger partial charge in [-0.25, -0.2) is 8.42 Å². The largest absolute Gasteiger partial charge is 0.338 e. The molecule has 1 atom stereocenters. The van der Waals surface area contributed by atoms with E-state index in [9.17, 15) is 8.42 Å². The summed E-state index contributed by atoms with van der Waals surface area (Å²) in [6.45, 7) is 13.8. The van der Waals surface area contributed by atoms with Crippen LogP contribution in [-0.4, -0.2) is 18.6 Å². The van der Waals surface area contributed by atoms with Crippen LogP contribution in [-0.2, 0) is 26.4 Å². The molecule has 0 unspecified atom stereocenters. The van der Waals surface area contributed by atoms with Gasteiger partial charge in [0.2, 0.25) is 5.89 Å². The van der Waals surface area contributed by atoms with Crippen LogP contribution in [0.5, 0.6) is 0 Å². The van der Waals surface area contributed by atoms with Crippen molar-refractivity contribution in [1.82, 2.24) is 10.1 Å². The molecule has 0 aliphatic carbocycles. The van der Waals surface area contributed by atoms with Crippen LogP contribution < -0.4 is 0 Å². The van der Waals surface area contributed by atoms with Crippen molar-refractivity contribution in [2.24, 2.45) is 0 Å². The van der Waals surface area contributed by atoms with Crippen molar-refractivity contribution in [3.8, 4) is 0 Å². The quantitative estimate of drug-likeness (QED) is 0.807. The first-order chi connectivity index (χ1) is 11.3. The Kier molecular flexibility index (Phi) is 5.15. The Labute approximate surface area is 150 Å².